The Morgan fingerprint density at radius 1 is 1.29 bits per heavy atom. The van der Waals surface area contributed by atoms with E-state index in [1.54, 1.807) is 6.92 Å². The number of alkyl halides is 3. The summed E-state index contributed by atoms with van der Waals surface area (Å²) in [5.74, 6) is -0.521. The van der Waals surface area contributed by atoms with Crippen LogP contribution in [-0.4, -0.2) is 21.8 Å². The predicted molar refractivity (Wildman–Crippen MR) is 99.6 cm³/mol. The molecule has 3 rings (SSSR count). The van der Waals surface area contributed by atoms with Gasteiger partial charge in [0, 0.05) is 23.2 Å². The van der Waals surface area contributed by atoms with Crippen LogP contribution < -0.4 is 11.1 Å². The Balaban J connectivity index is 1.83. The highest BCUT2D eigenvalue weighted by Gasteiger charge is 2.33. The molecule has 1 amide bonds. The van der Waals surface area contributed by atoms with Crippen molar-refractivity contribution < 1.29 is 22.4 Å². The van der Waals surface area contributed by atoms with E-state index in [2.05, 4.69) is 15.3 Å². The Labute approximate surface area is 162 Å². The second kappa shape index (κ2) is 7.42. The third-order valence-electron chi connectivity index (χ3n) is 4.32. The summed E-state index contributed by atoms with van der Waals surface area (Å²) in [7, 11) is 0. The molecule has 5 nitrogen and oxygen atoms in total. The van der Waals surface area contributed by atoms with Gasteiger partial charge in [-0.25, -0.2) is 4.39 Å². The number of carbonyl (C=O) groups is 1. The van der Waals surface area contributed by atoms with Crippen LogP contribution in [0.3, 0.4) is 0 Å². The molecule has 2 heterocycles. The van der Waals surface area contributed by atoms with Crippen molar-refractivity contribution in [2.24, 2.45) is 10.7 Å². The number of aromatic nitrogens is 1. The Hall–Kier alpha value is -2.62. The van der Waals surface area contributed by atoms with Crippen molar-refractivity contribution in [1.82, 2.24) is 4.98 Å². The second-order valence-electron chi connectivity index (χ2n) is 6.40. The van der Waals surface area contributed by atoms with Gasteiger partial charge in [0.15, 0.2) is 5.17 Å². The molecular formula is C18H16F4N4OS. The van der Waals surface area contributed by atoms with Crippen molar-refractivity contribution in [2.45, 2.75) is 25.1 Å². The number of nitrogens with two attached hydrogens (primary N) is 1. The minimum Gasteiger partial charge on any atom is -0.379 e. The van der Waals surface area contributed by atoms with Crippen molar-refractivity contribution in [3.05, 3.63) is 59.2 Å². The van der Waals surface area contributed by atoms with Gasteiger partial charge in [-0.05, 0) is 43.7 Å². The van der Waals surface area contributed by atoms with Gasteiger partial charge in [-0.15, -0.1) is 0 Å². The van der Waals surface area contributed by atoms with E-state index in [9.17, 15) is 22.4 Å². The molecule has 1 aromatic carbocycles. The molecule has 0 saturated carbocycles. The fourth-order valence-corrected chi connectivity index (χ4v) is 3.76. The average molecular weight is 412 g/mol. The van der Waals surface area contributed by atoms with Gasteiger partial charge in [-0.2, -0.15) is 13.2 Å². The lowest BCUT2D eigenvalue weighted by Crippen LogP contribution is -2.29. The van der Waals surface area contributed by atoms with E-state index in [1.807, 2.05) is 0 Å². The lowest BCUT2D eigenvalue weighted by Gasteiger charge is -2.30. The third-order valence-corrected chi connectivity index (χ3v) is 5.12. The Kier molecular flexibility index (Phi) is 5.33. The number of nitrogens with zero attached hydrogens (tertiary/aromatic N) is 2. The first-order valence-electron chi connectivity index (χ1n) is 8.21. The fourth-order valence-electron chi connectivity index (χ4n) is 2.79. The largest absolute Gasteiger partial charge is 0.417 e. The molecule has 1 aliphatic rings. The zero-order chi connectivity index (χ0) is 20.5. The standard InChI is InChI=1S/C18H16F4N4OS/c1-17(6-7-28-16(23)26-17)12-8-11(3-4-13(12)19)25-15(27)14-5-2-10(9-24-14)18(20,21)22/h2-5,8-9H,6-7H2,1H3,(H2,23,26)(H,25,27)/t17-/m0/s1. The molecule has 10 heteroatoms. The number of carbonyl (C=O) groups excluding carboxylic acids is 1. The molecule has 28 heavy (non-hydrogen) atoms. The van der Waals surface area contributed by atoms with Crippen LogP contribution in [0.4, 0.5) is 23.2 Å². The maximum atomic E-state index is 14.4. The van der Waals surface area contributed by atoms with Crippen LogP contribution in [-0.2, 0) is 11.7 Å². The van der Waals surface area contributed by atoms with Gasteiger partial charge in [-0.1, -0.05) is 11.8 Å². The number of halogens is 4. The van der Waals surface area contributed by atoms with Gasteiger partial charge in [0.05, 0.1) is 11.1 Å². The number of thioether (sulfide) groups is 1. The summed E-state index contributed by atoms with van der Waals surface area (Å²) in [5, 5.41) is 2.88. The summed E-state index contributed by atoms with van der Waals surface area (Å²) < 4.78 is 52.2. The highest BCUT2D eigenvalue weighted by atomic mass is 32.2. The molecule has 1 aliphatic heterocycles. The first-order chi connectivity index (χ1) is 13.1. The fraction of sp³-hybridized carbons (Fsp3) is 0.278. The van der Waals surface area contributed by atoms with Crippen LogP contribution >= 0.6 is 11.8 Å². The lowest BCUT2D eigenvalue weighted by atomic mass is 9.89. The maximum absolute atomic E-state index is 14.4. The number of hydrogen-bond donors (Lipinski definition) is 2. The molecule has 0 spiro atoms. The highest BCUT2D eigenvalue weighted by molar-refractivity contribution is 8.13. The Bertz CT molecular complexity index is 930. The molecule has 0 radical (unpaired) electrons. The van der Waals surface area contributed by atoms with E-state index < -0.39 is 29.0 Å². The number of amidine groups is 1. The van der Waals surface area contributed by atoms with Gasteiger partial charge >= 0.3 is 6.18 Å². The molecule has 0 fully saturated rings. The van der Waals surface area contributed by atoms with Crippen molar-refractivity contribution in [3.8, 4) is 0 Å². The number of pyridine rings is 1. The summed E-state index contributed by atoms with van der Waals surface area (Å²) in [5.41, 5.74) is 4.30. The van der Waals surface area contributed by atoms with E-state index in [4.69, 9.17) is 5.73 Å². The molecule has 0 unspecified atom stereocenters. The second-order valence-corrected chi connectivity index (χ2v) is 7.52. The highest BCUT2D eigenvalue weighted by Crippen LogP contribution is 2.37. The summed E-state index contributed by atoms with van der Waals surface area (Å²) in [6, 6.07) is 5.76. The van der Waals surface area contributed by atoms with E-state index in [-0.39, 0.29) is 16.9 Å². The Morgan fingerprint density at radius 2 is 2.04 bits per heavy atom. The van der Waals surface area contributed by atoms with Crippen LogP contribution in [0.5, 0.6) is 0 Å². The normalized spacial score (nSPS) is 19.8. The maximum Gasteiger partial charge on any atom is 0.417 e. The number of rotatable bonds is 3. The predicted octanol–water partition coefficient (Wildman–Crippen LogP) is 4.16. The average Bonchev–Trinajstić information content (AvgIpc) is 2.62. The first-order valence-corrected chi connectivity index (χ1v) is 9.20. The number of aliphatic imine (C=N–C) groups is 1. The zero-order valence-corrected chi connectivity index (χ0v) is 15.5. The van der Waals surface area contributed by atoms with Crippen LogP contribution in [0.25, 0.3) is 0 Å². The van der Waals surface area contributed by atoms with Crippen molar-refractivity contribution in [2.75, 3.05) is 11.1 Å². The molecule has 1 aromatic heterocycles. The SMILES string of the molecule is C[C@@]1(c2cc(NC(=O)c3ccc(C(F)(F)F)cn3)ccc2F)CCSC(N)=N1. The third kappa shape index (κ3) is 4.27. The zero-order valence-electron chi connectivity index (χ0n) is 14.7. The number of anilines is 1. The van der Waals surface area contributed by atoms with Crippen LogP contribution in [0, 0.1) is 5.82 Å². The van der Waals surface area contributed by atoms with Crippen molar-refractivity contribution >= 4 is 28.5 Å². The molecule has 0 bridgehead atoms. The lowest BCUT2D eigenvalue weighted by molar-refractivity contribution is -0.137. The topological polar surface area (TPSA) is 80.4 Å². The van der Waals surface area contributed by atoms with E-state index >= 15 is 0 Å². The number of benzene rings is 1. The summed E-state index contributed by atoms with van der Waals surface area (Å²) in [4.78, 5) is 20.2. The molecule has 2 aromatic rings. The van der Waals surface area contributed by atoms with Crippen molar-refractivity contribution in [3.63, 3.8) is 0 Å². The molecule has 1 atom stereocenters. The molecule has 0 aliphatic carbocycles. The van der Waals surface area contributed by atoms with Crippen LogP contribution in [0.15, 0.2) is 41.5 Å². The monoisotopic (exact) mass is 412 g/mol. The van der Waals surface area contributed by atoms with Crippen LogP contribution in [0.1, 0.15) is 35.0 Å². The minimum absolute atomic E-state index is 0.193. The van der Waals surface area contributed by atoms with E-state index in [0.717, 1.165) is 12.1 Å². The summed E-state index contributed by atoms with van der Waals surface area (Å²) in [6.07, 6.45) is -3.39. The van der Waals surface area contributed by atoms with Gasteiger partial charge < -0.3 is 11.1 Å². The minimum atomic E-state index is -4.54. The number of hydrogen-bond acceptors (Lipinski definition) is 5. The first kappa shape index (κ1) is 20.1. The van der Waals surface area contributed by atoms with Gasteiger partial charge in [-0.3, -0.25) is 14.8 Å². The quantitative estimate of drug-likeness (QED) is 0.742. The summed E-state index contributed by atoms with van der Waals surface area (Å²) in [6.45, 7) is 1.75. The van der Waals surface area contributed by atoms with E-state index in [0.29, 0.717) is 23.5 Å². The molecule has 0 saturated heterocycles. The molecular weight excluding hydrogens is 396 g/mol. The van der Waals surface area contributed by atoms with Gasteiger partial charge in [0.1, 0.15) is 11.5 Å². The Morgan fingerprint density at radius 3 is 2.64 bits per heavy atom. The van der Waals surface area contributed by atoms with Gasteiger partial charge in [0.2, 0.25) is 0 Å². The van der Waals surface area contributed by atoms with Gasteiger partial charge in [0.25, 0.3) is 5.91 Å². The number of amides is 1. The smallest absolute Gasteiger partial charge is 0.379 e. The van der Waals surface area contributed by atoms with E-state index in [1.165, 1.54) is 30.0 Å². The number of nitrogens with one attached hydrogen (secondary N) is 1. The molecule has 3 N–H and O–H groups in total. The van der Waals surface area contributed by atoms with Crippen molar-refractivity contribution in [1.29, 1.82) is 0 Å². The molecule has 148 valence electrons. The summed E-state index contributed by atoms with van der Waals surface area (Å²) >= 11 is 1.38. The van der Waals surface area contributed by atoms with Crippen LogP contribution in [0.2, 0.25) is 0 Å².